The minimum atomic E-state index is -4.59. The van der Waals surface area contributed by atoms with Crippen molar-refractivity contribution in [1.82, 2.24) is 10.3 Å². The number of carbonyl (C=O) groups excluding carboxylic acids is 2. The molecule has 2 aromatic rings. The molecule has 0 spiro atoms. The van der Waals surface area contributed by atoms with E-state index in [0.717, 1.165) is 13.2 Å². The Morgan fingerprint density at radius 2 is 1.87 bits per heavy atom. The number of amides is 1. The van der Waals surface area contributed by atoms with Gasteiger partial charge in [0.25, 0.3) is 5.91 Å². The third-order valence-electron chi connectivity index (χ3n) is 4.34. The van der Waals surface area contributed by atoms with E-state index in [4.69, 9.17) is 4.74 Å². The quantitative estimate of drug-likeness (QED) is 0.713. The molecular formula is C21H23F3N2O4. The minimum Gasteiger partial charge on any atom is -0.496 e. The molecule has 0 radical (unpaired) electrons. The van der Waals surface area contributed by atoms with E-state index in [-0.39, 0.29) is 29.8 Å². The Labute approximate surface area is 172 Å². The molecule has 0 aliphatic heterocycles. The maximum absolute atomic E-state index is 13.1. The van der Waals surface area contributed by atoms with E-state index < -0.39 is 29.0 Å². The van der Waals surface area contributed by atoms with Crippen molar-refractivity contribution in [3.05, 3.63) is 58.4 Å². The number of ketones is 1. The summed E-state index contributed by atoms with van der Waals surface area (Å²) in [7, 11) is 1.13. The van der Waals surface area contributed by atoms with Crippen molar-refractivity contribution in [2.75, 3.05) is 7.11 Å². The fourth-order valence-corrected chi connectivity index (χ4v) is 2.81. The van der Waals surface area contributed by atoms with E-state index in [0.29, 0.717) is 11.4 Å². The first-order chi connectivity index (χ1) is 13.8. The number of nitrogens with one attached hydrogen (secondary N) is 1. The summed E-state index contributed by atoms with van der Waals surface area (Å²) in [4.78, 5) is 28.8. The number of pyridine rings is 1. The summed E-state index contributed by atoms with van der Waals surface area (Å²) in [6.07, 6.45) is -4.75. The lowest BCUT2D eigenvalue weighted by molar-refractivity contribution is -0.138. The number of rotatable bonds is 7. The average Bonchev–Trinajstić information content (AvgIpc) is 2.63. The van der Waals surface area contributed by atoms with Crippen LogP contribution in [0.15, 0.2) is 30.3 Å². The fraction of sp³-hybridized carbons (Fsp3) is 0.381. The van der Waals surface area contributed by atoms with Gasteiger partial charge >= 0.3 is 6.18 Å². The van der Waals surface area contributed by atoms with Crippen LogP contribution in [0.25, 0.3) is 0 Å². The van der Waals surface area contributed by atoms with Gasteiger partial charge in [-0.1, -0.05) is 12.1 Å². The number of halogens is 3. The second-order valence-electron chi connectivity index (χ2n) is 7.33. The molecule has 1 heterocycles. The first-order valence-corrected chi connectivity index (χ1v) is 9.07. The number of methoxy groups -OCH3 is 1. The third-order valence-corrected chi connectivity index (χ3v) is 4.34. The smallest absolute Gasteiger partial charge is 0.419 e. The van der Waals surface area contributed by atoms with Crippen LogP contribution in [0.3, 0.4) is 0 Å². The zero-order valence-electron chi connectivity index (χ0n) is 17.1. The van der Waals surface area contributed by atoms with E-state index in [2.05, 4.69) is 10.3 Å². The van der Waals surface area contributed by atoms with Gasteiger partial charge in [0.05, 0.1) is 19.1 Å². The van der Waals surface area contributed by atoms with Crippen LogP contribution in [0.4, 0.5) is 13.2 Å². The van der Waals surface area contributed by atoms with Crippen molar-refractivity contribution < 1.29 is 32.6 Å². The van der Waals surface area contributed by atoms with Gasteiger partial charge < -0.3 is 15.2 Å². The Hall–Kier alpha value is -2.94. The number of aromatic nitrogens is 1. The first kappa shape index (κ1) is 23.3. The highest BCUT2D eigenvalue weighted by atomic mass is 19.4. The molecule has 0 bridgehead atoms. The maximum atomic E-state index is 13.1. The van der Waals surface area contributed by atoms with Crippen LogP contribution < -0.4 is 10.1 Å². The average molecular weight is 424 g/mol. The van der Waals surface area contributed by atoms with Crippen molar-refractivity contribution in [2.24, 2.45) is 0 Å². The van der Waals surface area contributed by atoms with E-state index in [9.17, 15) is 27.9 Å². The van der Waals surface area contributed by atoms with Gasteiger partial charge in [-0.3, -0.25) is 14.6 Å². The highest BCUT2D eigenvalue weighted by molar-refractivity contribution is 5.95. The number of aliphatic hydroxyl groups is 1. The second kappa shape index (κ2) is 8.83. The van der Waals surface area contributed by atoms with E-state index in [1.807, 2.05) is 0 Å². The predicted octanol–water partition coefficient (Wildman–Crippen LogP) is 3.23. The largest absolute Gasteiger partial charge is 0.496 e. The summed E-state index contributed by atoms with van der Waals surface area (Å²) in [5.41, 5.74) is -1.30. The van der Waals surface area contributed by atoms with Crippen molar-refractivity contribution in [1.29, 1.82) is 0 Å². The predicted molar refractivity (Wildman–Crippen MR) is 103 cm³/mol. The summed E-state index contributed by atoms with van der Waals surface area (Å²) in [6.45, 7) is 4.18. The van der Waals surface area contributed by atoms with E-state index in [1.165, 1.54) is 38.1 Å². The zero-order chi connectivity index (χ0) is 22.7. The summed E-state index contributed by atoms with van der Waals surface area (Å²) >= 11 is 0. The first-order valence-electron chi connectivity index (χ1n) is 9.07. The van der Waals surface area contributed by atoms with Crippen molar-refractivity contribution >= 4 is 11.7 Å². The molecule has 0 aliphatic carbocycles. The van der Waals surface area contributed by atoms with Crippen molar-refractivity contribution in [3.8, 4) is 5.75 Å². The Kier molecular flexibility index (Phi) is 6.87. The molecule has 6 nitrogen and oxygen atoms in total. The molecule has 0 fully saturated rings. The molecule has 0 saturated heterocycles. The molecule has 162 valence electrons. The van der Waals surface area contributed by atoms with Gasteiger partial charge in [0.2, 0.25) is 0 Å². The van der Waals surface area contributed by atoms with Gasteiger partial charge in [-0.2, -0.15) is 13.2 Å². The topological polar surface area (TPSA) is 88.5 Å². The third kappa shape index (κ3) is 5.79. The summed E-state index contributed by atoms with van der Waals surface area (Å²) in [5.74, 6) is -1.36. The Balaban J connectivity index is 2.21. The molecule has 2 N–H and O–H groups in total. The Morgan fingerprint density at radius 1 is 1.20 bits per heavy atom. The highest BCUT2D eigenvalue weighted by Gasteiger charge is 2.35. The van der Waals surface area contributed by atoms with Crippen LogP contribution in [0.5, 0.6) is 5.75 Å². The summed E-state index contributed by atoms with van der Waals surface area (Å²) in [6, 6.07) is 6.48. The lowest BCUT2D eigenvalue weighted by Crippen LogP contribution is -2.33. The normalized spacial score (nSPS) is 11.9. The number of carbonyl (C=O) groups is 2. The van der Waals surface area contributed by atoms with Crippen LogP contribution >= 0.6 is 0 Å². The highest BCUT2D eigenvalue weighted by Crippen LogP contribution is 2.38. The van der Waals surface area contributed by atoms with E-state index >= 15 is 0 Å². The fourth-order valence-electron chi connectivity index (χ4n) is 2.81. The van der Waals surface area contributed by atoms with Crippen LogP contribution in [0, 0.1) is 6.92 Å². The SMILES string of the molecule is COc1c(CNC(=O)c2cc(C)nc(CC(=O)C(C)(C)O)c2)cccc1C(F)(F)F. The molecule has 2 rings (SSSR count). The molecule has 1 amide bonds. The summed E-state index contributed by atoms with van der Waals surface area (Å²) in [5, 5.41) is 12.3. The van der Waals surface area contributed by atoms with Gasteiger partial charge in [-0.25, -0.2) is 0 Å². The number of hydrogen-bond acceptors (Lipinski definition) is 5. The molecule has 0 saturated carbocycles. The van der Waals surface area contributed by atoms with Crippen molar-refractivity contribution in [2.45, 2.75) is 45.5 Å². The molecule has 0 aliphatic rings. The lowest BCUT2D eigenvalue weighted by atomic mass is 9.98. The van der Waals surface area contributed by atoms with Crippen LogP contribution in [0.2, 0.25) is 0 Å². The Bertz CT molecular complexity index is 950. The zero-order valence-corrected chi connectivity index (χ0v) is 17.1. The number of Topliss-reactive ketones (excluding diaryl/α,β-unsaturated/α-hetero) is 1. The standard InChI is InChI=1S/C21H23F3N2O4/c1-12-8-14(9-15(26-12)10-17(27)20(2,3)29)19(28)25-11-13-6-5-7-16(18(13)30-4)21(22,23)24/h5-9,29H,10-11H2,1-4H3,(H,25,28). The number of hydrogen-bond donors (Lipinski definition) is 2. The number of ether oxygens (including phenoxy) is 1. The molecule has 0 unspecified atom stereocenters. The van der Waals surface area contributed by atoms with Gasteiger partial charge in [-0.15, -0.1) is 0 Å². The second-order valence-corrected chi connectivity index (χ2v) is 7.33. The van der Waals surface area contributed by atoms with Crippen LogP contribution in [-0.2, 0) is 23.9 Å². The van der Waals surface area contributed by atoms with Gasteiger partial charge in [-0.05, 0) is 39.0 Å². The molecule has 1 aromatic carbocycles. The Morgan fingerprint density at radius 3 is 2.43 bits per heavy atom. The van der Waals surface area contributed by atoms with Crippen LogP contribution in [0.1, 0.15) is 46.7 Å². The molecule has 0 atom stereocenters. The molecule has 9 heteroatoms. The maximum Gasteiger partial charge on any atom is 0.419 e. The van der Waals surface area contributed by atoms with Gasteiger partial charge in [0, 0.05) is 29.1 Å². The molecule has 30 heavy (non-hydrogen) atoms. The molecule has 1 aromatic heterocycles. The summed E-state index contributed by atoms with van der Waals surface area (Å²) < 4.78 is 44.3. The number of alkyl halides is 3. The lowest BCUT2D eigenvalue weighted by Gasteiger charge is -2.16. The molecular weight excluding hydrogens is 401 g/mol. The van der Waals surface area contributed by atoms with Crippen molar-refractivity contribution in [3.63, 3.8) is 0 Å². The van der Waals surface area contributed by atoms with Crippen LogP contribution in [-0.4, -0.2) is 34.5 Å². The number of benzene rings is 1. The van der Waals surface area contributed by atoms with Gasteiger partial charge in [0.1, 0.15) is 11.4 Å². The number of para-hydroxylation sites is 1. The number of aryl methyl sites for hydroxylation is 1. The monoisotopic (exact) mass is 424 g/mol. The van der Waals surface area contributed by atoms with Gasteiger partial charge in [0.15, 0.2) is 5.78 Å². The minimum absolute atomic E-state index is 0.160. The number of nitrogens with zero attached hydrogens (tertiary/aromatic N) is 1. The van der Waals surface area contributed by atoms with E-state index in [1.54, 1.807) is 6.92 Å².